The highest BCUT2D eigenvalue weighted by Crippen LogP contribution is 2.23. The van der Waals surface area contributed by atoms with Gasteiger partial charge in [0.1, 0.15) is 11.4 Å². The van der Waals surface area contributed by atoms with E-state index in [4.69, 9.17) is 14.2 Å². The second kappa shape index (κ2) is 6.47. The first kappa shape index (κ1) is 16.5. The first-order valence-electron chi connectivity index (χ1n) is 6.89. The van der Waals surface area contributed by atoms with Crippen LogP contribution in [0, 0.1) is 0 Å². The summed E-state index contributed by atoms with van der Waals surface area (Å²) in [5, 5.41) is 2.63. The molecule has 0 spiro atoms. The Morgan fingerprint density at radius 1 is 1.35 bits per heavy atom. The summed E-state index contributed by atoms with van der Waals surface area (Å²) in [6.45, 7) is 4.79. The molecule has 1 aromatic rings. The molecule has 0 atom stereocenters. The molecule has 1 fully saturated rings. The van der Waals surface area contributed by atoms with Crippen molar-refractivity contribution < 1.29 is 28.6 Å². The second-order valence-corrected chi connectivity index (χ2v) is 5.00. The summed E-state index contributed by atoms with van der Waals surface area (Å²) in [7, 11) is 0. The number of aromatic nitrogens is 1. The van der Waals surface area contributed by atoms with Crippen molar-refractivity contribution in [2.24, 2.45) is 0 Å². The molecule has 8 heteroatoms. The fourth-order valence-electron chi connectivity index (χ4n) is 1.81. The van der Waals surface area contributed by atoms with E-state index in [0.29, 0.717) is 0 Å². The Morgan fingerprint density at radius 2 is 2.00 bits per heavy atom. The number of rotatable bonds is 4. The Morgan fingerprint density at radius 3 is 2.61 bits per heavy atom. The van der Waals surface area contributed by atoms with Gasteiger partial charge in [0, 0.05) is 26.2 Å². The lowest BCUT2D eigenvalue weighted by Crippen LogP contribution is -2.42. The third kappa shape index (κ3) is 3.85. The van der Waals surface area contributed by atoms with E-state index >= 15 is 0 Å². The largest absolute Gasteiger partial charge is 0.462 e. The molecule has 0 radical (unpaired) electrons. The zero-order valence-corrected chi connectivity index (χ0v) is 12.9. The quantitative estimate of drug-likeness (QED) is 0.504. The lowest BCUT2D eigenvalue weighted by molar-refractivity contribution is -0.222. The Labute approximate surface area is 132 Å². The maximum Gasteiger partial charge on any atom is 0.350 e. The number of pyridine rings is 1. The van der Waals surface area contributed by atoms with E-state index in [1.54, 1.807) is 13.0 Å². The van der Waals surface area contributed by atoms with Crippen molar-refractivity contribution in [3.05, 3.63) is 35.7 Å². The molecule has 1 aliphatic rings. The third-order valence-corrected chi connectivity index (χ3v) is 2.77. The molecule has 0 bridgehead atoms. The van der Waals surface area contributed by atoms with Crippen molar-refractivity contribution >= 4 is 23.7 Å². The molecule has 2 heterocycles. The maximum atomic E-state index is 11.8. The molecule has 122 valence electrons. The topological polar surface area (TPSA) is 104 Å². The number of anilines is 1. The van der Waals surface area contributed by atoms with Crippen LogP contribution in [0.5, 0.6) is 0 Å². The molecule has 0 aliphatic carbocycles. The van der Waals surface area contributed by atoms with Gasteiger partial charge in [-0.25, -0.2) is 19.4 Å². The SMILES string of the molecule is CCOC(=O)c1cccnc1NC=C1C(=O)OC(C)(C)OC1=O. The summed E-state index contributed by atoms with van der Waals surface area (Å²) in [5.41, 5.74) is -0.158. The van der Waals surface area contributed by atoms with E-state index in [-0.39, 0.29) is 23.6 Å². The Bertz CT molecular complexity index is 658. The van der Waals surface area contributed by atoms with Gasteiger partial charge in [-0.05, 0) is 19.1 Å². The highest BCUT2D eigenvalue weighted by atomic mass is 16.7. The van der Waals surface area contributed by atoms with Crippen molar-refractivity contribution in [1.82, 2.24) is 4.98 Å². The first-order valence-corrected chi connectivity index (χ1v) is 6.89. The minimum absolute atomic E-state index is 0.142. The van der Waals surface area contributed by atoms with Crippen LogP contribution in [-0.2, 0) is 23.8 Å². The number of carbonyl (C=O) groups excluding carboxylic acids is 3. The highest BCUT2D eigenvalue weighted by Gasteiger charge is 2.39. The van der Waals surface area contributed by atoms with E-state index in [9.17, 15) is 14.4 Å². The molecule has 1 N–H and O–H groups in total. The van der Waals surface area contributed by atoms with Gasteiger partial charge in [0.2, 0.25) is 0 Å². The molecule has 8 nitrogen and oxygen atoms in total. The van der Waals surface area contributed by atoms with E-state index in [1.807, 2.05) is 0 Å². The normalized spacial score (nSPS) is 16.2. The Balaban J connectivity index is 2.22. The number of esters is 3. The van der Waals surface area contributed by atoms with Crippen LogP contribution in [0.1, 0.15) is 31.1 Å². The Hall–Kier alpha value is -2.90. The van der Waals surface area contributed by atoms with Gasteiger partial charge in [0.15, 0.2) is 5.57 Å². The van der Waals surface area contributed by atoms with Gasteiger partial charge in [-0.2, -0.15) is 0 Å². The van der Waals surface area contributed by atoms with Crippen LogP contribution in [0.15, 0.2) is 30.1 Å². The summed E-state index contributed by atoms with van der Waals surface area (Å²) in [4.78, 5) is 39.4. The average Bonchev–Trinajstić information content (AvgIpc) is 2.45. The molecule has 1 saturated heterocycles. The fraction of sp³-hybridized carbons (Fsp3) is 0.333. The van der Waals surface area contributed by atoms with Gasteiger partial charge < -0.3 is 19.5 Å². The number of nitrogens with zero attached hydrogens (tertiary/aromatic N) is 1. The van der Waals surface area contributed by atoms with Crippen LogP contribution >= 0.6 is 0 Å². The summed E-state index contributed by atoms with van der Waals surface area (Å²) in [5.74, 6) is -3.40. The van der Waals surface area contributed by atoms with Crippen molar-refractivity contribution in [1.29, 1.82) is 0 Å². The number of hydrogen-bond acceptors (Lipinski definition) is 8. The van der Waals surface area contributed by atoms with Crippen LogP contribution in [0.4, 0.5) is 5.82 Å². The monoisotopic (exact) mass is 320 g/mol. The van der Waals surface area contributed by atoms with E-state index < -0.39 is 23.7 Å². The van der Waals surface area contributed by atoms with Crippen LogP contribution in [0.2, 0.25) is 0 Å². The van der Waals surface area contributed by atoms with E-state index in [1.165, 1.54) is 26.1 Å². The molecule has 1 aliphatic heterocycles. The van der Waals surface area contributed by atoms with Crippen molar-refractivity contribution in [3.63, 3.8) is 0 Å². The van der Waals surface area contributed by atoms with Crippen LogP contribution < -0.4 is 5.32 Å². The lowest BCUT2D eigenvalue weighted by atomic mass is 10.2. The number of hydrogen-bond donors (Lipinski definition) is 1. The van der Waals surface area contributed by atoms with Gasteiger partial charge in [-0.1, -0.05) is 0 Å². The fourth-order valence-corrected chi connectivity index (χ4v) is 1.81. The van der Waals surface area contributed by atoms with E-state index in [0.717, 1.165) is 6.20 Å². The first-order chi connectivity index (χ1) is 10.8. The van der Waals surface area contributed by atoms with Gasteiger partial charge in [0.05, 0.1) is 6.61 Å². The van der Waals surface area contributed by atoms with Crippen LogP contribution in [0.3, 0.4) is 0 Å². The minimum Gasteiger partial charge on any atom is -0.462 e. The van der Waals surface area contributed by atoms with Crippen molar-refractivity contribution in [2.75, 3.05) is 11.9 Å². The molecule has 0 saturated carbocycles. The molecule has 23 heavy (non-hydrogen) atoms. The summed E-state index contributed by atoms with van der Waals surface area (Å²) in [6.07, 6.45) is 2.54. The molecule has 0 amide bonds. The van der Waals surface area contributed by atoms with Crippen LogP contribution in [0.25, 0.3) is 0 Å². The van der Waals surface area contributed by atoms with Gasteiger partial charge in [-0.15, -0.1) is 0 Å². The predicted octanol–water partition coefficient (Wildman–Crippen LogP) is 1.39. The lowest BCUT2D eigenvalue weighted by Gasteiger charge is -2.29. The number of carbonyl (C=O) groups is 3. The Kier molecular flexibility index (Phi) is 4.63. The zero-order valence-electron chi connectivity index (χ0n) is 12.9. The average molecular weight is 320 g/mol. The van der Waals surface area contributed by atoms with Crippen molar-refractivity contribution in [3.8, 4) is 0 Å². The second-order valence-electron chi connectivity index (χ2n) is 5.00. The van der Waals surface area contributed by atoms with Gasteiger partial charge in [-0.3, -0.25) is 0 Å². The van der Waals surface area contributed by atoms with Gasteiger partial charge >= 0.3 is 17.9 Å². The van der Waals surface area contributed by atoms with Crippen molar-refractivity contribution in [2.45, 2.75) is 26.6 Å². The predicted molar refractivity (Wildman–Crippen MR) is 78.2 cm³/mol. The zero-order chi connectivity index (χ0) is 17.0. The van der Waals surface area contributed by atoms with Crippen LogP contribution in [-0.4, -0.2) is 35.3 Å². The summed E-state index contributed by atoms with van der Waals surface area (Å²) in [6, 6.07) is 3.07. The minimum atomic E-state index is -1.31. The molecular formula is C15H16N2O6. The van der Waals surface area contributed by atoms with E-state index in [2.05, 4.69) is 10.3 Å². The van der Waals surface area contributed by atoms with Gasteiger partial charge in [0.25, 0.3) is 5.79 Å². The highest BCUT2D eigenvalue weighted by molar-refractivity contribution is 6.15. The molecule has 0 aromatic carbocycles. The summed E-state index contributed by atoms with van der Waals surface area (Å²) < 4.78 is 14.8. The smallest absolute Gasteiger partial charge is 0.350 e. The number of ether oxygens (including phenoxy) is 3. The number of cyclic esters (lactones) is 2. The summed E-state index contributed by atoms with van der Waals surface area (Å²) >= 11 is 0. The third-order valence-electron chi connectivity index (χ3n) is 2.77. The standard InChI is InChI=1S/C15H16N2O6/c1-4-21-12(18)9-6-5-7-16-11(9)17-8-10-13(19)22-15(2,3)23-14(10)20/h5-8H,4H2,1-3H3,(H,16,17). The molecule has 0 unspecified atom stereocenters. The molecular weight excluding hydrogens is 304 g/mol. The molecule has 2 rings (SSSR count). The molecule has 1 aromatic heterocycles. The maximum absolute atomic E-state index is 11.8. The number of nitrogens with one attached hydrogen (secondary N) is 1.